The second kappa shape index (κ2) is 5.99. The first-order chi connectivity index (χ1) is 9.11. The highest BCUT2D eigenvalue weighted by Gasteiger charge is 2.17. The molecule has 0 aliphatic carbocycles. The van der Waals surface area contributed by atoms with E-state index in [4.69, 9.17) is 17.3 Å². The van der Waals surface area contributed by atoms with Gasteiger partial charge in [-0.3, -0.25) is 0 Å². The number of hydrogen-bond donors (Lipinski definition) is 2. The van der Waals surface area contributed by atoms with Crippen LogP contribution in [0.15, 0.2) is 42.5 Å². The molecule has 3 N–H and O–H groups in total. The fourth-order valence-corrected chi connectivity index (χ4v) is 2.17. The van der Waals surface area contributed by atoms with Gasteiger partial charge in [0.2, 0.25) is 0 Å². The first-order valence-corrected chi connectivity index (χ1v) is 6.15. The molecule has 0 radical (unpaired) electrons. The number of nitrogens with two attached hydrogens (primary N) is 1. The van der Waals surface area contributed by atoms with Gasteiger partial charge in [-0.25, -0.2) is 8.78 Å². The summed E-state index contributed by atoms with van der Waals surface area (Å²) in [5.74, 6) is -0.813. The molecule has 1 atom stereocenters. The van der Waals surface area contributed by atoms with E-state index in [2.05, 4.69) is 5.32 Å². The third-order valence-electron chi connectivity index (χ3n) is 2.75. The van der Waals surface area contributed by atoms with Crippen LogP contribution in [-0.4, -0.2) is 6.54 Å². The van der Waals surface area contributed by atoms with Crippen LogP contribution in [0.5, 0.6) is 0 Å². The Bertz CT molecular complexity index is 555. The van der Waals surface area contributed by atoms with E-state index in [0.717, 1.165) is 0 Å². The molecule has 0 spiro atoms. The second-order valence-electron chi connectivity index (χ2n) is 4.08. The Hall–Kier alpha value is -1.65. The van der Waals surface area contributed by atoms with Gasteiger partial charge in [0.1, 0.15) is 11.6 Å². The lowest BCUT2D eigenvalue weighted by molar-refractivity contribution is 0.593. The van der Waals surface area contributed by atoms with Crippen LogP contribution in [0.4, 0.5) is 14.5 Å². The zero-order valence-corrected chi connectivity index (χ0v) is 10.8. The molecule has 100 valence electrons. The van der Waals surface area contributed by atoms with Gasteiger partial charge < -0.3 is 11.1 Å². The second-order valence-corrected chi connectivity index (χ2v) is 4.49. The lowest BCUT2D eigenvalue weighted by atomic mass is 10.1. The van der Waals surface area contributed by atoms with Gasteiger partial charge in [0.25, 0.3) is 0 Å². The molecule has 0 heterocycles. The van der Waals surface area contributed by atoms with E-state index in [1.54, 1.807) is 18.2 Å². The van der Waals surface area contributed by atoms with Gasteiger partial charge in [-0.2, -0.15) is 0 Å². The van der Waals surface area contributed by atoms with Gasteiger partial charge >= 0.3 is 0 Å². The molecule has 2 aromatic rings. The van der Waals surface area contributed by atoms with Crippen LogP contribution in [0.25, 0.3) is 0 Å². The highest BCUT2D eigenvalue weighted by atomic mass is 35.5. The Morgan fingerprint density at radius 1 is 1.16 bits per heavy atom. The summed E-state index contributed by atoms with van der Waals surface area (Å²) in [5, 5.41) is 3.27. The SMILES string of the molecule is NCC(Nc1cccc(F)c1)c1c(F)cccc1Cl. The molecule has 2 rings (SSSR count). The van der Waals surface area contributed by atoms with E-state index in [9.17, 15) is 8.78 Å². The van der Waals surface area contributed by atoms with Crippen molar-refractivity contribution in [2.24, 2.45) is 5.73 Å². The fourth-order valence-electron chi connectivity index (χ4n) is 1.87. The van der Waals surface area contributed by atoms with Crippen molar-refractivity contribution in [3.8, 4) is 0 Å². The lowest BCUT2D eigenvalue weighted by Gasteiger charge is -2.20. The molecule has 0 amide bonds. The summed E-state index contributed by atoms with van der Waals surface area (Å²) in [7, 11) is 0. The monoisotopic (exact) mass is 282 g/mol. The molecule has 0 saturated heterocycles. The Morgan fingerprint density at radius 2 is 1.89 bits per heavy atom. The van der Waals surface area contributed by atoms with Crippen molar-refractivity contribution < 1.29 is 8.78 Å². The van der Waals surface area contributed by atoms with E-state index in [1.807, 2.05) is 0 Å². The Balaban J connectivity index is 2.30. The quantitative estimate of drug-likeness (QED) is 0.897. The molecule has 1 unspecified atom stereocenters. The molecule has 0 fully saturated rings. The molecule has 5 heteroatoms. The summed E-state index contributed by atoms with van der Waals surface area (Å²) in [6.45, 7) is 0.136. The van der Waals surface area contributed by atoms with Crippen molar-refractivity contribution in [1.29, 1.82) is 0 Å². The molecule has 0 bridgehead atoms. The van der Waals surface area contributed by atoms with Gasteiger partial charge in [-0.15, -0.1) is 0 Å². The van der Waals surface area contributed by atoms with Gasteiger partial charge in [0.05, 0.1) is 6.04 Å². The van der Waals surface area contributed by atoms with Crippen LogP contribution in [0, 0.1) is 11.6 Å². The van der Waals surface area contributed by atoms with E-state index >= 15 is 0 Å². The highest BCUT2D eigenvalue weighted by molar-refractivity contribution is 6.31. The summed E-state index contributed by atoms with van der Waals surface area (Å²) in [6.07, 6.45) is 0. The van der Waals surface area contributed by atoms with Crippen LogP contribution >= 0.6 is 11.6 Å². The zero-order chi connectivity index (χ0) is 13.8. The predicted molar refractivity (Wildman–Crippen MR) is 73.2 cm³/mol. The maximum Gasteiger partial charge on any atom is 0.130 e. The van der Waals surface area contributed by atoms with Crippen molar-refractivity contribution in [2.75, 3.05) is 11.9 Å². The van der Waals surface area contributed by atoms with Crippen molar-refractivity contribution >= 4 is 17.3 Å². The van der Waals surface area contributed by atoms with E-state index in [1.165, 1.54) is 24.3 Å². The van der Waals surface area contributed by atoms with Crippen LogP contribution in [-0.2, 0) is 0 Å². The zero-order valence-electron chi connectivity index (χ0n) is 10.0. The molecule has 0 saturated carbocycles. The van der Waals surface area contributed by atoms with E-state index in [-0.39, 0.29) is 17.9 Å². The minimum Gasteiger partial charge on any atom is -0.377 e. The smallest absolute Gasteiger partial charge is 0.130 e. The number of hydrogen-bond acceptors (Lipinski definition) is 2. The van der Waals surface area contributed by atoms with Crippen molar-refractivity contribution in [2.45, 2.75) is 6.04 Å². The summed E-state index contributed by atoms with van der Waals surface area (Å²) in [5.41, 5.74) is 6.46. The van der Waals surface area contributed by atoms with Gasteiger partial charge in [-0.05, 0) is 30.3 Å². The van der Waals surface area contributed by atoms with Crippen LogP contribution < -0.4 is 11.1 Å². The molecule has 2 aromatic carbocycles. The minimum atomic E-state index is -0.518. The standard InChI is InChI=1S/C14H13ClF2N2/c15-11-5-2-6-12(17)14(11)13(8-18)19-10-4-1-3-9(16)7-10/h1-7,13,19H,8,18H2. The van der Waals surface area contributed by atoms with Gasteiger partial charge in [-0.1, -0.05) is 23.7 Å². The third-order valence-corrected chi connectivity index (χ3v) is 3.08. The molecule has 0 aliphatic heterocycles. The van der Waals surface area contributed by atoms with Crippen molar-refractivity contribution in [3.05, 3.63) is 64.7 Å². The average molecular weight is 283 g/mol. The highest BCUT2D eigenvalue weighted by Crippen LogP contribution is 2.28. The number of halogens is 3. The van der Waals surface area contributed by atoms with Crippen LogP contribution in [0.1, 0.15) is 11.6 Å². The van der Waals surface area contributed by atoms with Gasteiger partial charge in [0.15, 0.2) is 0 Å². The van der Waals surface area contributed by atoms with Crippen LogP contribution in [0.2, 0.25) is 5.02 Å². The van der Waals surface area contributed by atoms with Crippen molar-refractivity contribution in [3.63, 3.8) is 0 Å². The molecule has 0 aromatic heterocycles. The van der Waals surface area contributed by atoms with E-state index < -0.39 is 11.9 Å². The number of rotatable bonds is 4. The molecular formula is C14H13ClF2N2. The largest absolute Gasteiger partial charge is 0.377 e. The molecule has 0 aliphatic rings. The van der Waals surface area contributed by atoms with Crippen LogP contribution in [0.3, 0.4) is 0 Å². The normalized spacial score (nSPS) is 12.2. The summed E-state index contributed by atoms with van der Waals surface area (Å²) < 4.78 is 26.9. The number of nitrogens with one attached hydrogen (secondary N) is 1. The first-order valence-electron chi connectivity index (χ1n) is 5.78. The predicted octanol–water partition coefficient (Wildman–Crippen LogP) is 3.73. The Kier molecular flexibility index (Phi) is 4.35. The maximum absolute atomic E-state index is 13.8. The van der Waals surface area contributed by atoms with Crippen molar-refractivity contribution in [1.82, 2.24) is 0 Å². The lowest BCUT2D eigenvalue weighted by Crippen LogP contribution is -2.22. The van der Waals surface area contributed by atoms with Gasteiger partial charge in [0, 0.05) is 22.8 Å². The molecule has 2 nitrogen and oxygen atoms in total. The average Bonchev–Trinajstić information content (AvgIpc) is 2.37. The number of benzene rings is 2. The Labute approximate surface area is 115 Å². The first kappa shape index (κ1) is 13.8. The molecular weight excluding hydrogens is 270 g/mol. The molecule has 19 heavy (non-hydrogen) atoms. The third kappa shape index (κ3) is 3.22. The number of anilines is 1. The Morgan fingerprint density at radius 3 is 2.53 bits per heavy atom. The topological polar surface area (TPSA) is 38.0 Å². The summed E-state index contributed by atoms with van der Waals surface area (Å²) >= 11 is 5.99. The summed E-state index contributed by atoms with van der Waals surface area (Å²) in [4.78, 5) is 0. The minimum absolute atomic E-state index is 0.136. The van der Waals surface area contributed by atoms with E-state index in [0.29, 0.717) is 10.7 Å². The maximum atomic E-state index is 13.8. The fraction of sp³-hybridized carbons (Fsp3) is 0.143. The summed E-state index contributed by atoms with van der Waals surface area (Å²) in [6, 6.07) is 9.81.